The van der Waals surface area contributed by atoms with Crippen LogP contribution in [0.1, 0.15) is 45.7 Å². The quantitative estimate of drug-likeness (QED) is 0.622. The molecule has 1 aromatic rings. The highest BCUT2D eigenvalue weighted by Crippen LogP contribution is 2.40. The van der Waals surface area contributed by atoms with Crippen molar-refractivity contribution in [2.75, 3.05) is 6.61 Å². The minimum absolute atomic E-state index is 0.00190. The Balaban J connectivity index is 3.40. The Hall–Kier alpha value is -1.09. The molecule has 0 aliphatic heterocycles. The zero-order valence-electron chi connectivity index (χ0n) is 14.2. The fourth-order valence-corrected chi connectivity index (χ4v) is 2.37. The van der Waals surface area contributed by atoms with E-state index in [9.17, 15) is 22.8 Å². The fraction of sp³-hybridized carbons (Fsp3) is 0.562. The summed E-state index contributed by atoms with van der Waals surface area (Å²) in [5.41, 5.74) is -4.12. The van der Waals surface area contributed by atoms with Crippen molar-refractivity contribution in [2.45, 2.75) is 50.9 Å². The smallest absolute Gasteiger partial charge is 0.306 e. The maximum Gasteiger partial charge on any atom is 0.306 e. The van der Waals surface area contributed by atoms with Crippen molar-refractivity contribution in [3.05, 3.63) is 35.1 Å². The van der Waals surface area contributed by atoms with E-state index in [0.29, 0.717) is 6.92 Å². The van der Waals surface area contributed by atoms with Crippen LogP contribution >= 0.6 is 0 Å². The summed E-state index contributed by atoms with van der Waals surface area (Å²) < 4.78 is 58.5. The number of alkyl halides is 2. The van der Waals surface area contributed by atoms with Gasteiger partial charge in [0.25, 0.3) is 0 Å². The van der Waals surface area contributed by atoms with E-state index in [4.69, 9.17) is 5.11 Å². The summed E-state index contributed by atoms with van der Waals surface area (Å²) in [6, 6.07) is 3.26. The third kappa shape index (κ3) is 4.11. The van der Waals surface area contributed by atoms with E-state index < -0.39 is 45.6 Å². The number of aliphatic hydroxyl groups is 2. The molecular formula is C16H22F3NO3S. The zero-order chi connectivity index (χ0) is 18.9. The number of benzene rings is 1. The normalized spacial score (nSPS) is 17.5. The molecule has 0 saturated heterocycles. The zero-order valence-corrected chi connectivity index (χ0v) is 15.0. The molecule has 4 nitrogen and oxygen atoms in total. The van der Waals surface area contributed by atoms with Crippen LogP contribution < -0.4 is 0 Å². The monoisotopic (exact) mass is 365 g/mol. The molecule has 2 N–H and O–H groups in total. The Kier molecular flexibility index (Phi) is 6.14. The van der Waals surface area contributed by atoms with Gasteiger partial charge in [-0.2, -0.15) is 8.78 Å². The summed E-state index contributed by atoms with van der Waals surface area (Å²) in [6.07, 6.45) is 0. The molecule has 0 aliphatic rings. The molecule has 2 atom stereocenters. The van der Waals surface area contributed by atoms with Crippen molar-refractivity contribution in [1.82, 2.24) is 0 Å². The van der Waals surface area contributed by atoms with E-state index in [1.165, 1.54) is 19.1 Å². The van der Waals surface area contributed by atoms with Crippen LogP contribution in [0.25, 0.3) is 0 Å². The number of hydrogen-bond acceptors (Lipinski definition) is 4. The van der Waals surface area contributed by atoms with Gasteiger partial charge in [-0.25, -0.2) is 4.39 Å². The molecule has 136 valence electrons. The summed E-state index contributed by atoms with van der Waals surface area (Å²) in [4.78, 5) is 0. The molecule has 0 saturated carbocycles. The number of rotatable bonds is 5. The lowest BCUT2D eigenvalue weighted by molar-refractivity contribution is -0.196. The van der Waals surface area contributed by atoms with Gasteiger partial charge in [0.15, 0.2) is 5.60 Å². The Morgan fingerprint density at radius 2 is 1.79 bits per heavy atom. The second kappa shape index (κ2) is 7.03. The first-order valence-electron chi connectivity index (χ1n) is 7.23. The largest absolute Gasteiger partial charge is 0.591 e. The van der Waals surface area contributed by atoms with Crippen molar-refractivity contribution in [1.29, 1.82) is 0 Å². The Morgan fingerprint density at radius 1 is 1.25 bits per heavy atom. The van der Waals surface area contributed by atoms with Crippen LogP contribution in [0.4, 0.5) is 13.2 Å². The maximum absolute atomic E-state index is 14.6. The molecule has 24 heavy (non-hydrogen) atoms. The highest BCUT2D eigenvalue weighted by Gasteiger charge is 2.52. The van der Waals surface area contributed by atoms with E-state index >= 15 is 0 Å². The molecule has 1 rings (SSSR count). The van der Waals surface area contributed by atoms with E-state index in [1.807, 2.05) is 0 Å². The second-order valence-corrected chi connectivity index (χ2v) is 8.62. The predicted molar refractivity (Wildman–Crippen MR) is 88.1 cm³/mol. The van der Waals surface area contributed by atoms with E-state index in [0.717, 1.165) is 6.07 Å². The first-order valence-corrected chi connectivity index (χ1v) is 8.34. The van der Waals surface area contributed by atoms with Gasteiger partial charge in [-0.15, -0.1) is 0 Å². The third-order valence-electron chi connectivity index (χ3n) is 3.45. The first-order chi connectivity index (χ1) is 10.8. The molecule has 0 fully saturated rings. The fourth-order valence-electron chi connectivity index (χ4n) is 1.75. The predicted octanol–water partition coefficient (Wildman–Crippen LogP) is 2.93. The SMILES string of the molecule is C/C(=N\[S@+]([O-])C(C)(C)C)c1cccc(C(F)(F)C(C)(O)CO)c1F. The van der Waals surface area contributed by atoms with E-state index in [-0.39, 0.29) is 11.3 Å². The highest BCUT2D eigenvalue weighted by molar-refractivity contribution is 7.91. The van der Waals surface area contributed by atoms with E-state index in [1.54, 1.807) is 20.8 Å². The number of aliphatic hydroxyl groups excluding tert-OH is 1. The molecule has 0 radical (unpaired) electrons. The molecule has 0 bridgehead atoms. The maximum atomic E-state index is 14.6. The lowest BCUT2D eigenvalue weighted by Gasteiger charge is -2.31. The lowest BCUT2D eigenvalue weighted by atomic mass is 9.90. The van der Waals surface area contributed by atoms with Crippen LogP contribution in [0.15, 0.2) is 22.6 Å². The molecule has 8 heteroatoms. The third-order valence-corrected chi connectivity index (χ3v) is 4.94. The molecule has 0 aromatic heterocycles. The average molecular weight is 365 g/mol. The van der Waals surface area contributed by atoms with Crippen molar-refractivity contribution in [2.24, 2.45) is 4.40 Å². The molecule has 1 aromatic carbocycles. The van der Waals surface area contributed by atoms with Crippen LogP contribution in [0.2, 0.25) is 0 Å². The summed E-state index contributed by atoms with van der Waals surface area (Å²) >= 11 is -1.68. The molecule has 1 unspecified atom stereocenters. The van der Waals surface area contributed by atoms with Gasteiger partial charge >= 0.3 is 5.92 Å². The summed E-state index contributed by atoms with van der Waals surface area (Å²) in [5.74, 6) is -5.30. The molecule has 0 heterocycles. The summed E-state index contributed by atoms with van der Waals surface area (Å²) in [5, 5.41) is 18.6. The van der Waals surface area contributed by atoms with Gasteiger partial charge in [0.05, 0.1) is 17.9 Å². The highest BCUT2D eigenvalue weighted by atomic mass is 32.2. The topological polar surface area (TPSA) is 75.9 Å². The van der Waals surface area contributed by atoms with Crippen molar-refractivity contribution < 1.29 is 27.9 Å². The molecular weight excluding hydrogens is 343 g/mol. The number of nitrogens with zero attached hydrogens (tertiary/aromatic N) is 1. The van der Waals surface area contributed by atoms with Crippen LogP contribution in [-0.2, 0) is 17.3 Å². The van der Waals surface area contributed by atoms with Gasteiger partial charge in [0, 0.05) is 5.56 Å². The molecule has 0 amide bonds. The minimum atomic E-state index is -4.02. The van der Waals surface area contributed by atoms with Gasteiger partial charge in [0.2, 0.25) is 0 Å². The van der Waals surface area contributed by atoms with Crippen molar-refractivity contribution >= 4 is 17.1 Å². The van der Waals surface area contributed by atoms with Crippen LogP contribution in [0.3, 0.4) is 0 Å². The first kappa shape index (κ1) is 21.0. The Labute approximate surface area is 142 Å². The minimum Gasteiger partial charge on any atom is -0.591 e. The molecule has 0 spiro atoms. The van der Waals surface area contributed by atoms with Gasteiger partial charge in [-0.3, -0.25) is 0 Å². The van der Waals surface area contributed by atoms with Crippen molar-refractivity contribution in [3.63, 3.8) is 0 Å². The average Bonchev–Trinajstić information content (AvgIpc) is 2.45. The van der Waals surface area contributed by atoms with Crippen LogP contribution in [0, 0.1) is 5.82 Å². The van der Waals surface area contributed by atoms with Crippen molar-refractivity contribution in [3.8, 4) is 0 Å². The standard InChI is InChI=1S/C16H22F3NO3S/c1-10(20-24(23)14(2,3)4)11-7-6-8-12(13(11)17)16(18,19)15(5,22)9-21/h6-8,21-22H,9H2,1-5H3/b20-10+/t15?,24-/m1/s1. The van der Waals surface area contributed by atoms with Crippen LogP contribution in [0.5, 0.6) is 0 Å². The van der Waals surface area contributed by atoms with Gasteiger partial charge in [-0.1, -0.05) is 16.5 Å². The Bertz CT molecular complexity index is 627. The summed E-state index contributed by atoms with van der Waals surface area (Å²) in [6.45, 7) is 5.88. The number of hydrogen-bond donors (Lipinski definition) is 2. The summed E-state index contributed by atoms with van der Waals surface area (Å²) in [7, 11) is 0. The Morgan fingerprint density at radius 3 is 2.25 bits per heavy atom. The van der Waals surface area contributed by atoms with E-state index in [2.05, 4.69) is 4.40 Å². The van der Waals surface area contributed by atoms with Gasteiger partial charge in [-0.05, 0) is 40.7 Å². The van der Waals surface area contributed by atoms with Gasteiger partial charge < -0.3 is 14.8 Å². The lowest BCUT2D eigenvalue weighted by Crippen LogP contribution is -2.47. The van der Waals surface area contributed by atoms with Gasteiger partial charge in [0.1, 0.15) is 21.9 Å². The molecule has 0 aliphatic carbocycles. The van der Waals surface area contributed by atoms with Crippen LogP contribution in [-0.4, -0.2) is 37.4 Å². The second-order valence-electron chi connectivity index (χ2n) is 6.71. The number of halogens is 3.